The number of rotatable bonds is 1. The van der Waals surface area contributed by atoms with Crippen molar-refractivity contribution in [3.05, 3.63) is 34.9 Å². The normalized spacial score (nSPS) is 28.1. The zero-order valence-electron chi connectivity index (χ0n) is 9.99. The maximum absolute atomic E-state index is 12.0. The van der Waals surface area contributed by atoms with Gasteiger partial charge < -0.3 is 9.64 Å². The highest BCUT2D eigenvalue weighted by molar-refractivity contribution is 6.30. The summed E-state index contributed by atoms with van der Waals surface area (Å²) in [5.74, 6) is 0.0448. The Morgan fingerprint density at radius 1 is 1.33 bits per heavy atom. The molecule has 2 aliphatic heterocycles. The van der Waals surface area contributed by atoms with Gasteiger partial charge in [-0.2, -0.15) is 0 Å². The first-order valence-electron chi connectivity index (χ1n) is 6.12. The second-order valence-electron chi connectivity index (χ2n) is 4.69. The van der Waals surface area contributed by atoms with E-state index in [9.17, 15) is 4.79 Å². The Labute approximate surface area is 111 Å². The fraction of sp³-hybridized carbons (Fsp3) is 0.462. The maximum Gasteiger partial charge on any atom is 0.250 e. The predicted molar refractivity (Wildman–Crippen MR) is 68.3 cm³/mol. The second kappa shape index (κ2) is 4.53. The van der Waals surface area contributed by atoms with Crippen LogP contribution in [-0.4, -0.2) is 37.1 Å². The van der Waals surface area contributed by atoms with E-state index in [1.165, 1.54) is 0 Å². The highest BCUT2D eigenvalue weighted by Crippen LogP contribution is 2.32. The molecule has 5 heteroatoms. The molecule has 2 fully saturated rings. The highest BCUT2D eigenvalue weighted by Gasteiger charge is 2.45. The van der Waals surface area contributed by atoms with Crippen LogP contribution >= 0.6 is 11.6 Å². The number of nitrogens with zero attached hydrogens (tertiary/aromatic N) is 1. The summed E-state index contributed by atoms with van der Waals surface area (Å²) in [6.45, 7) is 2.32. The number of carbonyl (C=O) groups is 1. The van der Waals surface area contributed by atoms with Gasteiger partial charge in [0, 0.05) is 11.6 Å². The Bertz CT molecular complexity index is 459. The number of amides is 1. The van der Waals surface area contributed by atoms with Crippen LogP contribution in [0.3, 0.4) is 0 Å². The van der Waals surface area contributed by atoms with Crippen molar-refractivity contribution in [3.8, 4) is 0 Å². The van der Waals surface area contributed by atoms with Gasteiger partial charge in [0.2, 0.25) is 5.91 Å². The molecule has 0 aromatic heterocycles. The van der Waals surface area contributed by atoms with Gasteiger partial charge in [-0.05, 0) is 30.7 Å². The lowest BCUT2D eigenvalue weighted by molar-refractivity contribution is -0.167. The quantitative estimate of drug-likeness (QED) is 0.834. The van der Waals surface area contributed by atoms with Crippen LogP contribution < -0.4 is 5.32 Å². The van der Waals surface area contributed by atoms with Gasteiger partial charge in [0.15, 0.2) is 0 Å². The van der Waals surface area contributed by atoms with E-state index in [0.29, 0.717) is 11.6 Å². The van der Waals surface area contributed by atoms with Gasteiger partial charge in [0.1, 0.15) is 12.3 Å². The Hall–Kier alpha value is -1.10. The molecule has 1 aromatic carbocycles. The molecule has 1 N–H and O–H groups in total. The van der Waals surface area contributed by atoms with E-state index < -0.39 is 5.66 Å². The van der Waals surface area contributed by atoms with E-state index in [-0.39, 0.29) is 12.5 Å². The minimum Gasteiger partial charge on any atom is -0.367 e. The van der Waals surface area contributed by atoms with Gasteiger partial charge in [0.05, 0.1) is 6.61 Å². The minimum absolute atomic E-state index is 0.0448. The zero-order valence-corrected chi connectivity index (χ0v) is 10.7. The van der Waals surface area contributed by atoms with Gasteiger partial charge in [-0.25, -0.2) is 0 Å². The second-order valence-corrected chi connectivity index (χ2v) is 5.12. The van der Waals surface area contributed by atoms with Crippen LogP contribution in [0, 0.1) is 0 Å². The first-order valence-corrected chi connectivity index (χ1v) is 6.49. The topological polar surface area (TPSA) is 41.6 Å². The summed E-state index contributed by atoms with van der Waals surface area (Å²) in [5.41, 5.74) is 0.512. The number of morpholine rings is 1. The van der Waals surface area contributed by atoms with Crippen LogP contribution in [0.4, 0.5) is 0 Å². The molecule has 2 saturated heterocycles. The van der Waals surface area contributed by atoms with Crippen LogP contribution in [-0.2, 0) is 15.2 Å². The van der Waals surface area contributed by atoms with Crippen LogP contribution in [0.15, 0.2) is 24.3 Å². The van der Waals surface area contributed by atoms with Gasteiger partial charge >= 0.3 is 0 Å². The van der Waals surface area contributed by atoms with Crippen molar-refractivity contribution in [2.45, 2.75) is 12.1 Å². The predicted octanol–water partition coefficient (Wildman–Crippen LogP) is 1.34. The Kier molecular flexibility index (Phi) is 3.01. The van der Waals surface area contributed by atoms with Crippen molar-refractivity contribution in [2.75, 3.05) is 26.3 Å². The largest absolute Gasteiger partial charge is 0.367 e. The molecule has 0 spiro atoms. The molecule has 0 saturated carbocycles. The summed E-state index contributed by atoms with van der Waals surface area (Å²) in [6, 6.07) is 7.60. The summed E-state index contributed by atoms with van der Waals surface area (Å²) in [7, 11) is 0. The third-order valence-corrected chi connectivity index (χ3v) is 3.85. The molecule has 1 atom stereocenters. The fourth-order valence-electron chi connectivity index (χ4n) is 2.72. The summed E-state index contributed by atoms with van der Waals surface area (Å²) in [6.07, 6.45) is 0.973. The lowest BCUT2D eigenvalue weighted by Gasteiger charge is -2.50. The molecule has 4 nitrogen and oxygen atoms in total. The molecular weight excluding hydrogens is 252 g/mol. The molecule has 1 unspecified atom stereocenters. The number of carbonyl (C=O) groups excluding carboxylic acids is 1. The monoisotopic (exact) mass is 266 g/mol. The van der Waals surface area contributed by atoms with Crippen LogP contribution in [0.2, 0.25) is 5.02 Å². The van der Waals surface area contributed by atoms with Crippen molar-refractivity contribution in [1.29, 1.82) is 0 Å². The Balaban J connectivity index is 2.03. The van der Waals surface area contributed by atoms with Gasteiger partial charge in [-0.1, -0.05) is 23.7 Å². The van der Waals surface area contributed by atoms with Gasteiger partial charge in [-0.3, -0.25) is 10.1 Å². The van der Waals surface area contributed by atoms with Crippen molar-refractivity contribution in [2.24, 2.45) is 0 Å². The van der Waals surface area contributed by atoms with Crippen LogP contribution in [0.5, 0.6) is 0 Å². The van der Waals surface area contributed by atoms with E-state index in [2.05, 4.69) is 5.32 Å². The molecule has 2 aliphatic rings. The van der Waals surface area contributed by atoms with E-state index in [0.717, 1.165) is 25.1 Å². The van der Waals surface area contributed by atoms with Gasteiger partial charge in [-0.15, -0.1) is 0 Å². The third-order valence-electron chi connectivity index (χ3n) is 3.60. The van der Waals surface area contributed by atoms with Crippen LogP contribution in [0.1, 0.15) is 12.0 Å². The van der Waals surface area contributed by atoms with E-state index >= 15 is 0 Å². The molecule has 1 amide bonds. The molecule has 96 valence electrons. The number of fused-ring (bicyclic) bond motifs is 1. The summed E-state index contributed by atoms with van der Waals surface area (Å²) < 4.78 is 5.45. The molecule has 0 bridgehead atoms. The Morgan fingerprint density at radius 3 is 2.89 bits per heavy atom. The average molecular weight is 267 g/mol. The molecule has 2 heterocycles. The third kappa shape index (κ3) is 1.81. The molecule has 3 rings (SSSR count). The van der Waals surface area contributed by atoms with Crippen molar-refractivity contribution in [3.63, 3.8) is 0 Å². The van der Waals surface area contributed by atoms with Gasteiger partial charge in [0.25, 0.3) is 0 Å². The fourth-order valence-corrected chi connectivity index (χ4v) is 2.84. The Morgan fingerprint density at radius 2 is 2.11 bits per heavy atom. The van der Waals surface area contributed by atoms with Crippen LogP contribution in [0.25, 0.3) is 0 Å². The average Bonchev–Trinajstić information content (AvgIpc) is 2.40. The maximum atomic E-state index is 12.0. The van der Waals surface area contributed by atoms with Crippen molar-refractivity contribution in [1.82, 2.24) is 10.2 Å². The smallest absolute Gasteiger partial charge is 0.250 e. The number of hydrogen-bond acceptors (Lipinski definition) is 3. The SMILES string of the molecule is O=C1COCC2(c3ccc(Cl)cc3)NCCCN12. The lowest BCUT2D eigenvalue weighted by atomic mass is 9.94. The first-order chi connectivity index (χ1) is 8.72. The molecule has 1 aromatic rings. The number of ether oxygens (including phenoxy) is 1. The molecule has 0 aliphatic carbocycles. The molecular formula is C13H15ClN2O2. The standard InChI is InChI=1S/C13H15ClN2O2/c14-11-4-2-10(3-5-11)13-9-18-8-12(17)16(13)7-1-6-15-13/h2-5,15H,1,6-9H2. The number of benzene rings is 1. The van der Waals surface area contributed by atoms with E-state index in [1.807, 2.05) is 29.2 Å². The summed E-state index contributed by atoms with van der Waals surface area (Å²) >= 11 is 5.92. The number of nitrogens with one attached hydrogen (secondary N) is 1. The van der Waals surface area contributed by atoms with E-state index in [1.54, 1.807) is 0 Å². The van der Waals surface area contributed by atoms with Crippen molar-refractivity contribution >= 4 is 17.5 Å². The summed E-state index contributed by atoms with van der Waals surface area (Å²) in [5, 5.41) is 4.13. The molecule has 18 heavy (non-hydrogen) atoms. The molecule has 0 radical (unpaired) electrons. The minimum atomic E-state index is -0.516. The number of halogens is 1. The lowest BCUT2D eigenvalue weighted by Crippen LogP contribution is -2.67. The van der Waals surface area contributed by atoms with Crippen molar-refractivity contribution < 1.29 is 9.53 Å². The zero-order chi connectivity index (χ0) is 12.6. The first kappa shape index (κ1) is 12.0. The highest BCUT2D eigenvalue weighted by atomic mass is 35.5. The van der Waals surface area contributed by atoms with E-state index in [4.69, 9.17) is 16.3 Å². The number of hydrogen-bond donors (Lipinski definition) is 1. The summed E-state index contributed by atoms with van der Waals surface area (Å²) in [4.78, 5) is 13.9.